The Labute approximate surface area is 173 Å². The molecule has 30 heavy (non-hydrogen) atoms. The van der Waals surface area contributed by atoms with Crippen molar-refractivity contribution in [1.82, 2.24) is 15.0 Å². The predicted molar refractivity (Wildman–Crippen MR) is 117 cm³/mol. The van der Waals surface area contributed by atoms with Crippen molar-refractivity contribution in [2.24, 2.45) is 5.73 Å². The lowest BCUT2D eigenvalue weighted by atomic mass is 10.0. The van der Waals surface area contributed by atoms with Gasteiger partial charge in [-0.15, -0.1) is 0 Å². The van der Waals surface area contributed by atoms with Gasteiger partial charge in [-0.05, 0) is 30.0 Å². The number of pyridine rings is 3. The molecular weight excluding hydrogens is 382 g/mol. The monoisotopic (exact) mass is 405 g/mol. The smallest absolute Gasteiger partial charge is 0.162 e. The molecule has 0 radical (unpaired) electrons. The Balaban J connectivity index is 1.82. The number of nitrogens with zero attached hydrogens (tertiary/aromatic N) is 3. The molecule has 0 aliphatic rings. The highest BCUT2D eigenvalue weighted by atomic mass is 16.5. The van der Waals surface area contributed by atoms with E-state index < -0.39 is 0 Å². The molecule has 8 heteroatoms. The number of benzene rings is 1. The molecule has 3 heterocycles. The van der Waals surface area contributed by atoms with Crippen molar-refractivity contribution in [2.75, 3.05) is 19.5 Å². The van der Waals surface area contributed by atoms with Crippen LogP contribution in [0.15, 0.2) is 42.9 Å². The highest BCUT2D eigenvalue weighted by Crippen LogP contribution is 2.36. The maximum atomic E-state index is 10.2. The quantitative estimate of drug-likeness (QED) is 0.417. The molecule has 4 aromatic rings. The Morgan fingerprint density at radius 2 is 1.90 bits per heavy atom. The second-order valence-electron chi connectivity index (χ2n) is 7.04. The molecule has 1 aromatic carbocycles. The number of phenols is 1. The number of aromatic nitrogens is 3. The van der Waals surface area contributed by atoms with Crippen molar-refractivity contribution in [2.45, 2.75) is 19.4 Å². The Morgan fingerprint density at radius 3 is 2.67 bits per heavy atom. The van der Waals surface area contributed by atoms with Crippen LogP contribution in [0.4, 0.5) is 5.82 Å². The molecular formula is C22H23N5O3. The molecule has 0 aliphatic heterocycles. The maximum Gasteiger partial charge on any atom is 0.162 e. The van der Waals surface area contributed by atoms with Crippen LogP contribution < -0.4 is 20.9 Å². The predicted octanol–water partition coefficient (Wildman–Crippen LogP) is 3.26. The van der Waals surface area contributed by atoms with Crippen LogP contribution in [0.1, 0.15) is 13.3 Å². The van der Waals surface area contributed by atoms with E-state index in [9.17, 15) is 5.11 Å². The molecule has 0 fully saturated rings. The molecule has 0 aliphatic carbocycles. The molecule has 3 aromatic heterocycles. The van der Waals surface area contributed by atoms with Gasteiger partial charge in [-0.2, -0.15) is 0 Å². The van der Waals surface area contributed by atoms with Gasteiger partial charge in [0, 0.05) is 40.8 Å². The Hall–Kier alpha value is -3.65. The molecule has 1 atom stereocenters. The zero-order chi connectivity index (χ0) is 21.3. The standard InChI is InChI=1S/C22H23N5O3/c1-3-13(23)11-30-14-4-12(8-25-9-14)18-5-15-16-6-20(28)21(29-2)7-19(16)26-10-17(15)22(24)27-18/h4-10,13,28H,3,11,23H2,1-2H3,(H2,24,27)/t13-/m1/s1. The third-order valence-electron chi connectivity index (χ3n) is 5.01. The van der Waals surface area contributed by atoms with E-state index in [1.807, 2.05) is 19.1 Å². The summed E-state index contributed by atoms with van der Waals surface area (Å²) in [4.78, 5) is 13.2. The van der Waals surface area contributed by atoms with Gasteiger partial charge in [0.2, 0.25) is 0 Å². The summed E-state index contributed by atoms with van der Waals surface area (Å²) in [5.74, 6) is 1.34. The van der Waals surface area contributed by atoms with Crippen LogP contribution in [0.3, 0.4) is 0 Å². The van der Waals surface area contributed by atoms with E-state index in [1.165, 1.54) is 7.11 Å². The lowest BCUT2D eigenvalue weighted by Gasteiger charge is -2.13. The molecule has 154 valence electrons. The first kappa shape index (κ1) is 19.7. The fourth-order valence-corrected chi connectivity index (χ4v) is 3.22. The van der Waals surface area contributed by atoms with Crippen LogP contribution in [0.2, 0.25) is 0 Å². The van der Waals surface area contributed by atoms with E-state index in [0.29, 0.717) is 40.5 Å². The fraction of sp³-hybridized carbons (Fsp3) is 0.227. The number of hydrogen-bond donors (Lipinski definition) is 3. The third kappa shape index (κ3) is 3.65. The number of rotatable bonds is 6. The first-order chi connectivity index (χ1) is 14.5. The molecule has 4 rings (SSSR count). The first-order valence-electron chi connectivity index (χ1n) is 9.60. The topological polar surface area (TPSA) is 129 Å². The zero-order valence-corrected chi connectivity index (χ0v) is 16.8. The van der Waals surface area contributed by atoms with Gasteiger partial charge in [0.05, 0.1) is 24.5 Å². The fourth-order valence-electron chi connectivity index (χ4n) is 3.22. The van der Waals surface area contributed by atoms with Gasteiger partial charge in [-0.3, -0.25) is 9.97 Å². The van der Waals surface area contributed by atoms with Gasteiger partial charge in [0.25, 0.3) is 0 Å². The van der Waals surface area contributed by atoms with Crippen LogP contribution in [-0.4, -0.2) is 39.8 Å². The van der Waals surface area contributed by atoms with Gasteiger partial charge in [0.15, 0.2) is 11.5 Å². The van der Waals surface area contributed by atoms with Crippen LogP contribution in [0.5, 0.6) is 17.2 Å². The number of nitrogens with two attached hydrogens (primary N) is 2. The van der Waals surface area contributed by atoms with Crippen molar-refractivity contribution in [1.29, 1.82) is 0 Å². The number of phenolic OH excluding ortho intramolecular Hbond substituents is 1. The molecule has 0 bridgehead atoms. The summed E-state index contributed by atoms with van der Waals surface area (Å²) < 4.78 is 10.9. The highest BCUT2D eigenvalue weighted by Gasteiger charge is 2.13. The van der Waals surface area contributed by atoms with Gasteiger partial charge in [0.1, 0.15) is 18.2 Å². The van der Waals surface area contributed by atoms with Crippen LogP contribution in [0, 0.1) is 0 Å². The summed E-state index contributed by atoms with van der Waals surface area (Å²) in [6.07, 6.45) is 5.84. The van der Waals surface area contributed by atoms with Crippen molar-refractivity contribution >= 4 is 27.5 Å². The molecule has 0 spiro atoms. The highest BCUT2D eigenvalue weighted by molar-refractivity contribution is 6.10. The van der Waals surface area contributed by atoms with Crippen LogP contribution in [-0.2, 0) is 0 Å². The third-order valence-corrected chi connectivity index (χ3v) is 5.01. The van der Waals surface area contributed by atoms with Crippen molar-refractivity contribution < 1.29 is 14.6 Å². The molecule has 0 saturated heterocycles. The number of aromatic hydroxyl groups is 1. The average molecular weight is 405 g/mol. The molecule has 0 unspecified atom stereocenters. The lowest BCUT2D eigenvalue weighted by Crippen LogP contribution is -2.26. The van der Waals surface area contributed by atoms with Gasteiger partial charge in [-0.1, -0.05) is 6.92 Å². The van der Waals surface area contributed by atoms with E-state index in [4.69, 9.17) is 20.9 Å². The van der Waals surface area contributed by atoms with E-state index in [2.05, 4.69) is 15.0 Å². The molecule has 5 N–H and O–H groups in total. The van der Waals surface area contributed by atoms with Gasteiger partial charge in [-0.25, -0.2) is 4.98 Å². The number of methoxy groups -OCH3 is 1. The molecule has 0 amide bonds. The summed E-state index contributed by atoms with van der Waals surface area (Å²) >= 11 is 0. The Kier molecular flexibility index (Phi) is 5.24. The van der Waals surface area contributed by atoms with Crippen molar-refractivity contribution in [3.05, 3.63) is 42.9 Å². The van der Waals surface area contributed by atoms with Crippen LogP contribution in [0.25, 0.3) is 32.9 Å². The van der Waals surface area contributed by atoms with E-state index in [-0.39, 0.29) is 11.8 Å². The summed E-state index contributed by atoms with van der Waals surface area (Å²) in [7, 11) is 1.50. The molecule has 0 saturated carbocycles. The minimum Gasteiger partial charge on any atom is -0.504 e. The average Bonchev–Trinajstić information content (AvgIpc) is 2.77. The maximum absolute atomic E-state index is 10.2. The van der Waals surface area contributed by atoms with Gasteiger partial charge >= 0.3 is 0 Å². The number of nitrogen functional groups attached to an aromatic ring is 1. The second-order valence-corrected chi connectivity index (χ2v) is 7.04. The number of ether oxygens (including phenoxy) is 2. The Morgan fingerprint density at radius 1 is 1.07 bits per heavy atom. The lowest BCUT2D eigenvalue weighted by molar-refractivity contribution is 0.284. The van der Waals surface area contributed by atoms with Gasteiger partial charge < -0.3 is 26.0 Å². The Bertz CT molecular complexity index is 1230. The van der Waals surface area contributed by atoms with Crippen molar-refractivity contribution in [3.8, 4) is 28.5 Å². The second kappa shape index (κ2) is 8.00. The van der Waals surface area contributed by atoms with E-state index in [0.717, 1.165) is 22.8 Å². The first-order valence-corrected chi connectivity index (χ1v) is 9.60. The van der Waals surface area contributed by atoms with Crippen molar-refractivity contribution in [3.63, 3.8) is 0 Å². The number of fused-ring (bicyclic) bond motifs is 3. The van der Waals surface area contributed by atoms with Crippen LogP contribution >= 0.6 is 0 Å². The summed E-state index contributed by atoms with van der Waals surface area (Å²) in [5, 5.41) is 12.5. The number of hydrogen-bond acceptors (Lipinski definition) is 8. The minimum atomic E-state index is -0.0355. The summed E-state index contributed by atoms with van der Waals surface area (Å²) in [5.41, 5.74) is 14.2. The molecule has 8 nitrogen and oxygen atoms in total. The zero-order valence-electron chi connectivity index (χ0n) is 16.8. The number of anilines is 1. The summed E-state index contributed by atoms with van der Waals surface area (Å²) in [6, 6.07) is 7.03. The summed E-state index contributed by atoms with van der Waals surface area (Å²) in [6.45, 7) is 2.42. The largest absolute Gasteiger partial charge is 0.504 e. The SMILES string of the molecule is CC[C@@H](N)COc1cncc(-c2cc3c(cnc4cc(OC)c(O)cc43)c(N)n2)c1. The normalized spacial score (nSPS) is 12.2. The minimum absolute atomic E-state index is 0.0283. The van der Waals surface area contributed by atoms with E-state index >= 15 is 0 Å². The van der Waals surface area contributed by atoms with E-state index in [1.54, 1.807) is 30.7 Å².